The number of aromatic nitrogens is 3. The summed E-state index contributed by atoms with van der Waals surface area (Å²) in [6.07, 6.45) is 6.42. The van der Waals surface area contributed by atoms with E-state index in [1.54, 1.807) is 0 Å². The number of carbonyl (C=O) groups excluding carboxylic acids is 1. The molecule has 1 unspecified atom stereocenters. The van der Waals surface area contributed by atoms with E-state index in [1.807, 2.05) is 66.3 Å². The molecule has 1 atom stereocenters. The maximum absolute atomic E-state index is 12.5. The summed E-state index contributed by atoms with van der Waals surface area (Å²) in [5.41, 5.74) is 3.19. The number of nitrogens with zero attached hydrogens (tertiary/aromatic N) is 2. The quantitative estimate of drug-likeness (QED) is 0.750. The maximum Gasteiger partial charge on any atom is 0.232 e. The van der Waals surface area contributed by atoms with Crippen molar-refractivity contribution in [1.82, 2.24) is 14.8 Å². The second-order valence-electron chi connectivity index (χ2n) is 6.38. The Morgan fingerprint density at radius 3 is 2.62 bits per heavy atom. The molecule has 2 N–H and O–H groups in total. The van der Waals surface area contributed by atoms with Gasteiger partial charge < -0.3 is 9.88 Å². The summed E-state index contributed by atoms with van der Waals surface area (Å²) < 4.78 is 2.04. The third-order valence-electron chi connectivity index (χ3n) is 4.56. The molecule has 5 heteroatoms. The third kappa shape index (κ3) is 2.97. The lowest BCUT2D eigenvalue weighted by atomic mass is 10.00. The topological polar surface area (TPSA) is 62.7 Å². The Morgan fingerprint density at radius 1 is 1.25 bits per heavy atom. The van der Waals surface area contributed by atoms with Crippen LogP contribution in [0.3, 0.4) is 0 Å². The molecule has 1 aromatic carbocycles. The average Bonchev–Trinajstić information content (AvgIpc) is 3.11. The molecule has 0 spiro atoms. The monoisotopic (exact) mass is 320 g/mol. The van der Waals surface area contributed by atoms with E-state index in [4.69, 9.17) is 0 Å². The van der Waals surface area contributed by atoms with Crippen LogP contribution in [0.15, 0.2) is 54.9 Å². The van der Waals surface area contributed by atoms with Gasteiger partial charge in [0.15, 0.2) is 5.82 Å². The first kappa shape index (κ1) is 14.8. The smallest absolute Gasteiger partial charge is 0.232 e. The maximum atomic E-state index is 12.5. The van der Waals surface area contributed by atoms with Crippen LogP contribution in [0.1, 0.15) is 42.9 Å². The number of anilines is 1. The summed E-state index contributed by atoms with van der Waals surface area (Å²) in [4.78, 5) is 12.5. The number of hydrogen-bond donors (Lipinski definition) is 2. The number of H-pyrrole nitrogens is 1. The second-order valence-corrected chi connectivity index (χ2v) is 6.38. The van der Waals surface area contributed by atoms with Crippen LogP contribution in [0.25, 0.3) is 5.69 Å². The van der Waals surface area contributed by atoms with Gasteiger partial charge in [0, 0.05) is 35.8 Å². The van der Waals surface area contributed by atoms with Gasteiger partial charge in [0.05, 0.1) is 5.92 Å². The normalized spacial score (nSPS) is 15.2. The first-order chi connectivity index (χ1) is 11.7. The Balaban J connectivity index is 1.43. The van der Waals surface area contributed by atoms with Crippen LogP contribution in [-0.2, 0) is 4.79 Å². The predicted molar refractivity (Wildman–Crippen MR) is 93.4 cm³/mol. The summed E-state index contributed by atoms with van der Waals surface area (Å²) in [6, 6.07) is 14.0. The van der Waals surface area contributed by atoms with E-state index in [0.29, 0.717) is 11.7 Å². The highest BCUT2D eigenvalue weighted by Gasteiger charge is 2.26. The third-order valence-corrected chi connectivity index (χ3v) is 4.56. The molecule has 2 aromatic heterocycles. The number of aromatic amines is 1. The first-order valence-electron chi connectivity index (χ1n) is 8.30. The predicted octanol–water partition coefficient (Wildman–Crippen LogP) is 3.82. The molecule has 1 fully saturated rings. The van der Waals surface area contributed by atoms with Gasteiger partial charge in [-0.25, -0.2) is 0 Å². The number of rotatable bonds is 5. The minimum absolute atomic E-state index is 0.0439. The Morgan fingerprint density at radius 2 is 1.96 bits per heavy atom. The van der Waals surface area contributed by atoms with Crippen LogP contribution in [-0.4, -0.2) is 20.7 Å². The van der Waals surface area contributed by atoms with Crippen molar-refractivity contribution in [1.29, 1.82) is 0 Å². The van der Waals surface area contributed by atoms with Gasteiger partial charge in [-0.1, -0.05) is 12.1 Å². The van der Waals surface area contributed by atoms with Crippen molar-refractivity contribution in [3.8, 4) is 5.69 Å². The number of amides is 1. The molecule has 122 valence electrons. The Hall–Kier alpha value is -2.82. The zero-order chi connectivity index (χ0) is 16.5. The molecule has 0 aliphatic heterocycles. The van der Waals surface area contributed by atoms with E-state index in [0.717, 1.165) is 16.9 Å². The Kier molecular flexibility index (Phi) is 3.69. The van der Waals surface area contributed by atoms with E-state index in [2.05, 4.69) is 15.5 Å². The first-order valence-corrected chi connectivity index (χ1v) is 8.30. The molecule has 0 saturated heterocycles. The van der Waals surface area contributed by atoms with Crippen LogP contribution in [0.2, 0.25) is 0 Å². The van der Waals surface area contributed by atoms with Gasteiger partial charge in [-0.15, -0.1) is 0 Å². The van der Waals surface area contributed by atoms with Gasteiger partial charge >= 0.3 is 0 Å². The van der Waals surface area contributed by atoms with Crippen molar-refractivity contribution in [3.63, 3.8) is 0 Å². The zero-order valence-corrected chi connectivity index (χ0v) is 13.6. The van der Waals surface area contributed by atoms with Gasteiger partial charge in [-0.05, 0) is 49.6 Å². The summed E-state index contributed by atoms with van der Waals surface area (Å²) >= 11 is 0. The van der Waals surface area contributed by atoms with Gasteiger partial charge in [0.1, 0.15) is 0 Å². The molecule has 0 bridgehead atoms. The molecule has 24 heavy (non-hydrogen) atoms. The summed E-state index contributed by atoms with van der Waals surface area (Å²) in [6.45, 7) is 1.91. The van der Waals surface area contributed by atoms with Gasteiger partial charge in [0.2, 0.25) is 5.91 Å². The molecule has 1 amide bonds. The minimum atomic E-state index is -0.232. The van der Waals surface area contributed by atoms with Gasteiger partial charge in [0.25, 0.3) is 0 Å². The molecule has 0 radical (unpaired) electrons. The van der Waals surface area contributed by atoms with Crippen molar-refractivity contribution < 1.29 is 4.79 Å². The summed E-state index contributed by atoms with van der Waals surface area (Å²) in [7, 11) is 0. The lowest BCUT2D eigenvalue weighted by Gasteiger charge is -2.12. The average molecular weight is 320 g/mol. The van der Waals surface area contributed by atoms with Crippen molar-refractivity contribution in [2.75, 3.05) is 5.32 Å². The van der Waals surface area contributed by atoms with E-state index >= 15 is 0 Å². The summed E-state index contributed by atoms with van der Waals surface area (Å²) in [5, 5.41) is 10.1. The summed E-state index contributed by atoms with van der Waals surface area (Å²) in [5.74, 6) is 0.932. The number of carbonyl (C=O) groups is 1. The fourth-order valence-corrected chi connectivity index (χ4v) is 2.83. The lowest BCUT2D eigenvalue weighted by Crippen LogP contribution is -2.19. The minimum Gasteiger partial charge on any atom is -0.324 e. The second kappa shape index (κ2) is 6.00. The highest BCUT2D eigenvalue weighted by atomic mass is 16.1. The van der Waals surface area contributed by atoms with E-state index < -0.39 is 0 Å². The lowest BCUT2D eigenvalue weighted by molar-refractivity contribution is -0.117. The molecule has 1 aliphatic rings. The molecule has 3 aromatic rings. The molecular formula is C19H20N4O. The molecule has 1 aliphatic carbocycles. The largest absolute Gasteiger partial charge is 0.324 e. The Labute approximate surface area is 140 Å². The van der Waals surface area contributed by atoms with Crippen LogP contribution < -0.4 is 5.32 Å². The highest BCUT2D eigenvalue weighted by Crippen LogP contribution is 2.39. The van der Waals surface area contributed by atoms with Crippen LogP contribution >= 0.6 is 0 Å². The molecule has 2 heterocycles. The van der Waals surface area contributed by atoms with Crippen LogP contribution in [0, 0.1) is 0 Å². The van der Waals surface area contributed by atoms with Crippen molar-refractivity contribution in [2.24, 2.45) is 0 Å². The number of nitrogens with one attached hydrogen (secondary N) is 2. The Bertz CT molecular complexity index is 829. The van der Waals surface area contributed by atoms with Crippen molar-refractivity contribution >= 4 is 11.7 Å². The molecule has 5 nitrogen and oxygen atoms in total. The standard InChI is InChI=1S/C19H20N4O/c1-13(14-6-8-16(9-7-14)23-10-2-3-11-23)19(24)20-18-12-17(21-22-18)15-4-5-15/h2-3,6-13,15H,4-5H2,1H3,(H2,20,21,22,24). The fourth-order valence-electron chi connectivity index (χ4n) is 2.83. The fraction of sp³-hybridized carbons (Fsp3) is 0.263. The van der Waals surface area contributed by atoms with E-state index in [-0.39, 0.29) is 11.8 Å². The number of hydrogen-bond acceptors (Lipinski definition) is 2. The highest BCUT2D eigenvalue weighted by molar-refractivity contribution is 5.94. The number of benzene rings is 1. The van der Waals surface area contributed by atoms with Crippen LogP contribution in [0.4, 0.5) is 5.82 Å². The molecule has 4 rings (SSSR count). The SMILES string of the molecule is CC(C(=O)Nc1cc(C2CC2)[nH]n1)c1ccc(-n2cccc2)cc1. The zero-order valence-electron chi connectivity index (χ0n) is 13.6. The molecule has 1 saturated carbocycles. The van der Waals surface area contributed by atoms with Gasteiger partial charge in [-0.3, -0.25) is 9.89 Å². The van der Waals surface area contributed by atoms with E-state index in [9.17, 15) is 4.79 Å². The van der Waals surface area contributed by atoms with Crippen molar-refractivity contribution in [3.05, 3.63) is 66.1 Å². The van der Waals surface area contributed by atoms with E-state index in [1.165, 1.54) is 12.8 Å². The van der Waals surface area contributed by atoms with Crippen LogP contribution in [0.5, 0.6) is 0 Å². The van der Waals surface area contributed by atoms with Gasteiger partial charge in [-0.2, -0.15) is 5.10 Å². The van der Waals surface area contributed by atoms with Crippen molar-refractivity contribution in [2.45, 2.75) is 31.6 Å². The molecular weight excluding hydrogens is 300 g/mol.